The van der Waals surface area contributed by atoms with Crippen LogP contribution in [0, 0.1) is 5.92 Å². The Hall–Kier alpha value is -2.59. The molecule has 1 aromatic rings. The van der Waals surface area contributed by atoms with Gasteiger partial charge in [0.15, 0.2) is 0 Å². The summed E-state index contributed by atoms with van der Waals surface area (Å²) in [7, 11) is 0. The molecule has 2 amide bonds. The second-order valence-electron chi connectivity index (χ2n) is 7.75. The largest absolute Gasteiger partial charge is 0.447 e. The van der Waals surface area contributed by atoms with Crippen molar-refractivity contribution in [2.24, 2.45) is 5.92 Å². The van der Waals surface area contributed by atoms with E-state index < -0.39 is 18.2 Å². The number of anilines is 1. The summed E-state index contributed by atoms with van der Waals surface area (Å²) in [4.78, 5) is 35.2. The summed E-state index contributed by atoms with van der Waals surface area (Å²) in [6, 6.07) is -0.121. The normalized spacial score (nSPS) is 25.0. The Kier molecular flexibility index (Phi) is 5.22. The molecule has 2 atom stereocenters. The first-order valence-corrected chi connectivity index (χ1v) is 9.64. The zero-order valence-electron chi connectivity index (χ0n) is 15.7. The lowest BCUT2D eigenvalue weighted by Gasteiger charge is -2.39. The second kappa shape index (κ2) is 7.68. The average molecular weight is 413 g/mol. The molecule has 3 saturated heterocycles. The monoisotopic (exact) mass is 413 g/mol. The molecule has 3 fully saturated rings. The number of likely N-dealkylation sites (tertiary alicyclic amines) is 1. The average Bonchev–Trinajstić information content (AvgIpc) is 3.28. The van der Waals surface area contributed by atoms with Gasteiger partial charge in [-0.3, -0.25) is 9.78 Å². The molecule has 3 aliphatic heterocycles. The van der Waals surface area contributed by atoms with E-state index in [4.69, 9.17) is 4.74 Å². The maximum atomic E-state index is 12.8. The molecule has 3 aliphatic rings. The Morgan fingerprint density at radius 2 is 2.03 bits per heavy atom. The predicted molar refractivity (Wildman–Crippen MR) is 95.2 cm³/mol. The third-order valence-electron chi connectivity index (χ3n) is 5.73. The Labute approximate surface area is 165 Å². The van der Waals surface area contributed by atoms with Crippen LogP contribution in [0.25, 0.3) is 0 Å². The van der Waals surface area contributed by atoms with E-state index in [0.29, 0.717) is 38.3 Å². The van der Waals surface area contributed by atoms with Crippen LogP contribution in [0.2, 0.25) is 0 Å². The van der Waals surface area contributed by atoms with Gasteiger partial charge in [0.05, 0.1) is 30.0 Å². The zero-order valence-corrected chi connectivity index (χ0v) is 15.7. The summed E-state index contributed by atoms with van der Waals surface area (Å²) in [5, 5.41) is 2.64. The van der Waals surface area contributed by atoms with Gasteiger partial charge in [0.1, 0.15) is 12.4 Å². The van der Waals surface area contributed by atoms with Crippen LogP contribution < -0.4 is 10.2 Å². The quantitative estimate of drug-likeness (QED) is 0.790. The molecule has 0 spiro atoms. The lowest BCUT2D eigenvalue weighted by atomic mass is 9.96. The van der Waals surface area contributed by atoms with Gasteiger partial charge in [-0.2, -0.15) is 13.2 Å². The van der Waals surface area contributed by atoms with E-state index >= 15 is 0 Å². The van der Waals surface area contributed by atoms with E-state index in [-0.39, 0.29) is 37.4 Å². The van der Waals surface area contributed by atoms with Gasteiger partial charge >= 0.3 is 12.3 Å². The SMILES string of the molecule is O=C1N[C@H](CCC(=O)N2CC(c3cnc(N4CCC(C(F)(F)F)C4)cn3)C2)CO1. The van der Waals surface area contributed by atoms with Crippen LogP contribution in [0.3, 0.4) is 0 Å². The Bertz CT molecular complexity index is 767. The number of hydrogen-bond donors (Lipinski definition) is 1. The highest BCUT2D eigenvalue weighted by atomic mass is 19.4. The van der Waals surface area contributed by atoms with Crippen molar-refractivity contribution in [1.82, 2.24) is 20.2 Å². The minimum Gasteiger partial charge on any atom is -0.447 e. The van der Waals surface area contributed by atoms with Gasteiger partial charge in [-0.05, 0) is 12.8 Å². The van der Waals surface area contributed by atoms with Gasteiger partial charge in [-0.25, -0.2) is 9.78 Å². The number of carbonyl (C=O) groups is 2. The van der Waals surface area contributed by atoms with Gasteiger partial charge in [-0.1, -0.05) is 0 Å². The van der Waals surface area contributed by atoms with E-state index in [1.54, 1.807) is 16.0 Å². The van der Waals surface area contributed by atoms with E-state index in [9.17, 15) is 22.8 Å². The molecule has 0 bridgehead atoms. The van der Waals surface area contributed by atoms with Gasteiger partial charge in [0, 0.05) is 38.5 Å². The number of aromatic nitrogens is 2. The van der Waals surface area contributed by atoms with Crippen LogP contribution >= 0.6 is 0 Å². The summed E-state index contributed by atoms with van der Waals surface area (Å²) in [6.45, 7) is 1.60. The molecule has 1 N–H and O–H groups in total. The van der Waals surface area contributed by atoms with Crippen LogP contribution in [0.1, 0.15) is 30.9 Å². The highest BCUT2D eigenvalue weighted by molar-refractivity contribution is 5.77. The van der Waals surface area contributed by atoms with Crippen molar-refractivity contribution in [3.05, 3.63) is 18.1 Å². The molecule has 11 heteroatoms. The highest BCUT2D eigenvalue weighted by Crippen LogP contribution is 2.35. The molecule has 0 aliphatic carbocycles. The van der Waals surface area contributed by atoms with E-state index in [0.717, 1.165) is 5.69 Å². The molecule has 8 nitrogen and oxygen atoms in total. The molecule has 1 unspecified atom stereocenters. The van der Waals surface area contributed by atoms with E-state index in [2.05, 4.69) is 15.3 Å². The molecule has 0 saturated carbocycles. The highest BCUT2D eigenvalue weighted by Gasteiger charge is 2.44. The summed E-state index contributed by atoms with van der Waals surface area (Å²) < 4.78 is 43.2. The van der Waals surface area contributed by atoms with Gasteiger partial charge in [-0.15, -0.1) is 0 Å². The third-order valence-corrected chi connectivity index (χ3v) is 5.73. The smallest absolute Gasteiger partial charge is 0.407 e. The summed E-state index contributed by atoms with van der Waals surface area (Å²) in [5.74, 6) is -0.772. The fraction of sp³-hybridized carbons (Fsp3) is 0.667. The summed E-state index contributed by atoms with van der Waals surface area (Å²) in [6.07, 6.45) is -0.578. The fourth-order valence-electron chi connectivity index (χ4n) is 3.85. The first-order chi connectivity index (χ1) is 13.8. The van der Waals surface area contributed by atoms with Crippen molar-refractivity contribution in [1.29, 1.82) is 0 Å². The lowest BCUT2D eigenvalue weighted by Crippen LogP contribution is -2.49. The van der Waals surface area contributed by atoms with Crippen LogP contribution in [0.5, 0.6) is 0 Å². The number of alkyl carbamates (subject to hydrolysis) is 1. The molecule has 29 heavy (non-hydrogen) atoms. The minimum atomic E-state index is -4.18. The van der Waals surface area contributed by atoms with Crippen molar-refractivity contribution in [2.45, 2.75) is 37.4 Å². The van der Waals surface area contributed by atoms with Gasteiger partial charge in [0.2, 0.25) is 5.91 Å². The maximum Gasteiger partial charge on any atom is 0.407 e. The number of halogens is 3. The van der Waals surface area contributed by atoms with Crippen LogP contribution in [-0.4, -0.2) is 71.9 Å². The summed E-state index contributed by atoms with van der Waals surface area (Å²) >= 11 is 0. The number of ether oxygens (including phenoxy) is 1. The number of alkyl halides is 3. The minimum absolute atomic E-state index is 0.0160. The maximum absolute atomic E-state index is 12.8. The predicted octanol–water partition coefficient (Wildman–Crippen LogP) is 1.68. The second-order valence-corrected chi connectivity index (χ2v) is 7.75. The van der Waals surface area contributed by atoms with Gasteiger partial charge in [0.25, 0.3) is 0 Å². The molecular formula is C18H22F3N5O3. The standard InChI is InChI=1S/C18H22F3N5O3/c19-18(20,21)12-3-4-25(9-12)15-6-22-14(5-23-15)11-7-26(8-11)16(27)2-1-13-10-29-17(28)24-13/h5-6,11-13H,1-4,7-10H2,(H,24,28)/t12?,13-/m1/s1. The summed E-state index contributed by atoms with van der Waals surface area (Å²) in [5.41, 5.74) is 0.737. The van der Waals surface area contributed by atoms with Crippen molar-refractivity contribution >= 4 is 17.8 Å². The fourth-order valence-corrected chi connectivity index (χ4v) is 3.85. The Morgan fingerprint density at radius 1 is 1.24 bits per heavy atom. The topological polar surface area (TPSA) is 87.7 Å². The number of amides is 2. The van der Waals surface area contributed by atoms with E-state index in [1.807, 2.05) is 0 Å². The molecule has 0 aromatic carbocycles. The van der Waals surface area contributed by atoms with Gasteiger partial charge < -0.3 is 19.9 Å². The van der Waals surface area contributed by atoms with E-state index in [1.165, 1.54) is 6.20 Å². The number of hydrogen-bond acceptors (Lipinski definition) is 6. The first-order valence-electron chi connectivity index (χ1n) is 9.64. The van der Waals surface area contributed by atoms with Crippen LogP contribution in [-0.2, 0) is 9.53 Å². The van der Waals surface area contributed by atoms with Crippen molar-refractivity contribution in [3.8, 4) is 0 Å². The molecular weight excluding hydrogens is 391 g/mol. The number of carbonyl (C=O) groups excluding carboxylic acids is 2. The number of nitrogens with zero attached hydrogens (tertiary/aromatic N) is 4. The molecule has 1 aromatic heterocycles. The number of nitrogens with one attached hydrogen (secondary N) is 1. The Morgan fingerprint density at radius 3 is 2.62 bits per heavy atom. The van der Waals surface area contributed by atoms with Crippen molar-refractivity contribution in [3.63, 3.8) is 0 Å². The zero-order chi connectivity index (χ0) is 20.6. The van der Waals surface area contributed by atoms with Crippen LogP contribution in [0.4, 0.5) is 23.8 Å². The molecule has 4 rings (SSSR count). The number of rotatable bonds is 5. The lowest BCUT2D eigenvalue weighted by molar-refractivity contribution is -0.168. The molecule has 0 radical (unpaired) electrons. The van der Waals surface area contributed by atoms with Crippen LogP contribution in [0.15, 0.2) is 12.4 Å². The molecule has 158 valence electrons. The third kappa shape index (κ3) is 4.38. The van der Waals surface area contributed by atoms with Crippen molar-refractivity contribution < 1.29 is 27.5 Å². The first kappa shape index (κ1) is 19.7. The Balaban J connectivity index is 1.23. The van der Waals surface area contributed by atoms with Crippen molar-refractivity contribution in [2.75, 3.05) is 37.7 Å². The number of cyclic esters (lactones) is 1. The molecule has 4 heterocycles.